The van der Waals surface area contributed by atoms with E-state index in [1.165, 1.54) is 0 Å². The minimum Gasteiger partial charge on any atom is -0.382 e. The van der Waals surface area contributed by atoms with Gasteiger partial charge in [0.2, 0.25) is 0 Å². The molecular formula is C13H20Cl2N2O. The van der Waals surface area contributed by atoms with Gasteiger partial charge in [-0.3, -0.25) is 11.3 Å². The van der Waals surface area contributed by atoms with Crippen LogP contribution in [0.2, 0.25) is 10.0 Å². The van der Waals surface area contributed by atoms with E-state index in [-0.39, 0.29) is 6.04 Å². The number of ether oxygens (including phenoxy) is 1. The van der Waals surface area contributed by atoms with E-state index in [1.807, 2.05) is 19.1 Å². The number of nitrogens with two attached hydrogens (primary N) is 1. The van der Waals surface area contributed by atoms with Gasteiger partial charge in [-0.2, -0.15) is 0 Å². The van der Waals surface area contributed by atoms with Crippen molar-refractivity contribution in [3.8, 4) is 0 Å². The van der Waals surface area contributed by atoms with Crippen LogP contribution in [0.4, 0.5) is 0 Å². The van der Waals surface area contributed by atoms with Crippen LogP contribution in [0.25, 0.3) is 0 Å². The first-order chi connectivity index (χ1) is 8.69. The van der Waals surface area contributed by atoms with Crippen LogP contribution in [-0.4, -0.2) is 19.3 Å². The Morgan fingerprint density at radius 3 is 2.83 bits per heavy atom. The summed E-state index contributed by atoms with van der Waals surface area (Å²) in [6, 6.07) is 5.84. The lowest BCUT2D eigenvalue weighted by atomic mass is 10.0. The van der Waals surface area contributed by atoms with Crippen molar-refractivity contribution in [3.05, 3.63) is 33.8 Å². The van der Waals surface area contributed by atoms with Crippen LogP contribution in [0.1, 0.15) is 25.3 Å². The van der Waals surface area contributed by atoms with Crippen LogP contribution in [0.15, 0.2) is 18.2 Å². The summed E-state index contributed by atoms with van der Waals surface area (Å²) in [5, 5.41) is 1.20. The second-order valence-corrected chi connectivity index (χ2v) is 4.90. The molecule has 0 amide bonds. The first-order valence-corrected chi connectivity index (χ1v) is 6.91. The molecule has 0 radical (unpaired) electrons. The number of hydrogen-bond donors (Lipinski definition) is 2. The standard InChI is InChI=1S/C13H20Cl2N2O/c1-2-18-8-4-6-11(17-16)9-10-5-3-7-12(14)13(10)15/h3,5,7,11,17H,2,4,6,8-9,16H2,1H3. The molecule has 3 nitrogen and oxygen atoms in total. The van der Waals surface area contributed by atoms with E-state index in [4.69, 9.17) is 33.8 Å². The van der Waals surface area contributed by atoms with Gasteiger partial charge in [-0.15, -0.1) is 0 Å². The Balaban J connectivity index is 2.49. The summed E-state index contributed by atoms with van der Waals surface area (Å²) in [6.07, 6.45) is 2.68. The second kappa shape index (κ2) is 8.73. The molecular weight excluding hydrogens is 271 g/mol. The highest BCUT2D eigenvalue weighted by atomic mass is 35.5. The number of hydrazine groups is 1. The van der Waals surface area contributed by atoms with Crippen LogP contribution in [0.5, 0.6) is 0 Å². The van der Waals surface area contributed by atoms with Crippen molar-refractivity contribution in [1.82, 2.24) is 5.43 Å². The number of benzene rings is 1. The SMILES string of the molecule is CCOCCCC(Cc1cccc(Cl)c1Cl)NN. The second-order valence-electron chi connectivity index (χ2n) is 4.12. The predicted octanol–water partition coefficient (Wildman–Crippen LogP) is 3.18. The number of hydrogen-bond acceptors (Lipinski definition) is 3. The van der Waals surface area contributed by atoms with E-state index in [1.54, 1.807) is 6.07 Å². The lowest BCUT2D eigenvalue weighted by Gasteiger charge is -2.17. The molecule has 0 aliphatic carbocycles. The van der Waals surface area contributed by atoms with E-state index in [2.05, 4.69) is 5.43 Å². The maximum atomic E-state index is 6.15. The predicted molar refractivity (Wildman–Crippen MR) is 77.0 cm³/mol. The average Bonchev–Trinajstić information content (AvgIpc) is 2.38. The molecule has 0 aliphatic rings. The minimum atomic E-state index is 0.182. The van der Waals surface area contributed by atoms with E-state index in [9.17, 15) is 0 Å². The van der Waals surface area contributed by atoms with Gasteiger partial charge in [-0.05, 0) is 37.8 Å². The monoisotopic (exact) mass is 290 g/mol. The zero-order chi connectivity index (χ0) is 13.4. The summed E-state index contributed by atoms with van der Waals surface area (Å²) < 4.78 is 5.31. The van der Waals surface area contributed by atoms with Gasteiger partial charge >= 0.3 is 0 Å². The zero-order valence-corrected chi connectivity index (χ0v) is 12.1. The summed E-state index contributed by atoms with van der Waals surface area (Å²) in [4.78, 5) is 0. The molecule has 1 unspecified atom stereocenters. The van der Waals surface area contributed by atoms with Gasteiger partial charge in [-0.25, -0.2) is 0 Å². The molecule has 1 rings (SSSR count). The Morgan fingerprint density at radius 1 is 1.39 bits per heavy atom. The van der Waals surface area contributed by atoms with E-state index < -0.39 is 0 Å². The van der Waals surface area contributed by atoms with E-state index >= 15 is 0 Å². The summed E-state index contributed by atoms with van der Waals surface area (Å²) in [6.45, 7) is 3.50. The summed E-state index contributed by atoms with van der Waals surface area (Å²) in [5.74, 6) is 5.56. The van der Waals surface area contributed by atoms with Crippen LogP contribution in [-0.2, 0) is 11.2 Å². The van der Waals surface area contributed by atoms with Gasteiger partial charge in [0.25, 0.3) is 0 Å². The molecule has 0 heterocycles. The Kier molecular flexibility index (Phi) is 7.63. The van der Waals surface area contributed by atoms with Gasteiger partial charge in [-0.1, -0.05) is 35.3 Å². The molecule has 0 saturated carbocycles. The van der Waals surface area contributed by atoms with Crippen molar-refractivity contribution < 1.29 is 4.74 Å². The molecule has 0 fully saturated rings. The summed E-state index contributed by atoms with van der Waals surface area (Å²) >= 11 is 12.1. The van der Waals surface area contributed by atoms with Crippen LogP contribution >= 0.6 is 23.2 Å². The van der Waals surface area contributed by atoms with Gasteiger partial charge in [0.15, 0.2) is 0 Å². The van der Waals surface area contributed by atoms with Crippen molar-refractivity contribution in [2.45, 2.75) is 32.2 Å². The molecule has 3 N–H and O–H groups in total. The third-order valence-corrected chi connectivity index (χ3v) is 3.64. The average molecular weight is 291 g/mol. The van der Waals surface area contributed by atoms with E-state index in [0.29, 0.717) is 10.0 Å². The number of rotatable bonds is 8. The maximum absolute atomic E-state index is 6.15. The van der Waals surface area contributed by atoms with Gasteiger partial charge in [0.1, 0.15) is 0 Å². The molecule has 0 spiro atoms. The van der Waals surface area contributed by atoms with Gasteiger partial charge < -0.3 is 4.74 Å². The van der Waals surface area contributed by atoms with Crippen molar-refractivity contribution in [3.63, 3.8) is 0 Å². The smallest absolute Gasteiger partial charge is 0.0624 e. The Hall–Kier alpha value is -0.320. The largest absolute Gasteiger partial charge is 0.382 e. The van der Waals surface area contributed by atoms with Crippen molar-refractivity contribution in [2.75, 3.05) is 13.2 Å². The zero-order valence-electron chi connectivity index (χ0n) is 10.6. The molecule has 0 aliphatic heterocycles. The minimum absolute atomic E-state index is 0.182. The summed E-state index contributed by atoms with van der Waals surface area (Å²) in [7, 11) is 0. The molecule has 0 saturated heterocycles. The number of nitrogens with one attached hydrogen (secondary N) is 1. The highest BCUT2D eigenvalue weighted by molar-refractivity contribution is 6.42. The molecule has 18 heavy (non-hydrogen) atoms. The molecule has 5 heteroatoms. The van der Waals surface area contributed by atoms with E-state index in [0.717, 1.165) is 38.0 Å². The van der Waals surface area contributed by atoms with Gasteiger partial charge in [0, 0.05) is 19.3 Å². The molecule has 0 bridgehead atoms. The van der Waals surface area contributed by atoms with Crippen molar-refractivity contribution in [2.24, 2.45) is 5.84 Å². The van der Waals surface area contributed by atoms with Gasteiger partial charge in [0.05, 0.1) is 10.0 Å². The highest BCUT2D eigenvalue weighted by Crippen LogP contribution is 2.26. The Bertz CT molecular complexity index is 361. The fourth-order valence-electron chi connectivity index (χ4n) is 1.79. The number of halogens is 2. The summed E-state index contributed by atoms with van der Waals surface area (Å²) in [5.41, 5.74) is 3.83. The first-order valence-electron chi connectivity index (χ1n) is 6.15. The highest BCUT2D eigenvalue weighted by Gasteiger charge is 2.11. The fraction of sp³-hybridized carbons (Fsp3) is 0.538. The quantitative estimate of drug-likeness (QED) is 0.439. The normalized spacial score (nSPS) is 12.7. The molecule has 1 atom stereocenters. The topological polar surface area (TPSA) is 47.3 Å². The third kappa shape index (κ3) is 5.12. The molecule has 1 aromatic rings. The fourth-order valence-corrected chi connectivity index (χ4v) is 2.19. The molecule has 1 aromatic carbocycles. The molecule has 102 valence electrons. The van der Waals surface area contributed by atoms with Crippen LogP contribution in [0, 0.1) is 0 Å². The first kappa shape index (κ1) is 15.7. The maximum Gasteiger partial charge on any atom is 0.0624 e. The van der Waals surface area contributed by atoms with Crippen LogP contribution in [0.3, 0.4) is 0 Å². The lowest BCUT2D eigenvalue weighted by Crippen LogP contribution is -2.37. The Morgan fingerprint density at radius 2 is 2.17 bits per heavy atom. The third-order valence-electron chi connectivity index (χ3n) is 2.78. The lowest BCUT2D eigenvalue weighted by molar-refractivity contribution is 0.140. The van der Waals surface area contributed by atoms with Crippen LogP contribution < -0.4 is 11.3 Å². The molecule has 0 aromatic heterocycles. The van der Waals surface area contributed by atoms with Crippen molar-refractivity contribution in [1.29, 1.82) is 0 Å². The van der Waals surface area contributed by atoms with Crippen molar-refractivity contribution >= 4 is 23.2 Å². The Labute approximate surface area is 119 Å².